The lowest BCUT2D eigenvalue weighted by Crippen LogP contribution is -2.12. The second-order valence-corrected chi connectivity index (χ2v) is 5.55. The molecule has 0 aliphatic rings. The molecule has 0 bridgehead atoms. The number of aromatic nitrogens is 1. The zero-order chi connectivity index (χ0) is 15.2. The SMILES string of the molecule is COc1cc(COCCc2scnc2C)ccc1C(=N)N. The molecular formula is C15H19N3O2S. The minimum atomic E-state index is -0.0000102. The van der Waals surface area contributed by atoms with Gasteiger partial charge < -0.3 is 15.2 Å². The Bertz CT molecular complexity index is 625. The van der Waals surface area contributed by atoms with Crippen LogP contribution in [0.15, 0.2) is 23.7 Å². The zero-order valence-corrected chi connectivity index (χ0v) is 13.0. The molecule has 5 nitrogen and oxygen atoms in total. The summed E-state index contributed by atoms with van der Waals surface area (Å²) in [6.07, 6.45) is 0.874. The van der Waals surface area contributed by atoms with Gasteiger partial charge in [-0.3, -0.25) is 5.41 Å². The van der Waals surface area contributed by atoms with Crippen LogP contribution in [-0.2, 0) is 17.8 Å². The summed E-state index contributed by atoms with van der Waals surface area (Å²) >= 11 is 1.66. The number of ether oxygens (including phenoxy) is 2. The Kier molecular flexibility index (Phi) is 5.30. The summed E-state index contributed by atoms with van der Waals surface area (Å²) in [4.78, 5) is 5.48. The molecule has 2 rings (SSSR count). The van der Waals surface area contributed by atoms with E-state index in [4.69, 9.17) is 20.6 Å². The minimum Gasteiger partial charge on any atom is -0.496 e. The van der Waals surface area contributed by atoms with E-state index < -0.39 is 0 Å². The largest absolute Gasteiger partial charge is 0.496 e. The summed E-state index contributed by atoms with van der Waals surface area (Å²) in [5.41, 5.74) is 10.0. The molecule has 0 unspecified atom stereocenters. The Hall–Kier alpha value is -1.92. The Morgan fingerprint density at radius 2 is 2.24 bits per heavy atom. The van der Waals surface area contributed by atoms with Crippen LogP contribution in [-0.4, -0.2) is 24.5 Å². The van der Waals surface area contributed by atoms with Gasteiger partial charge in [-0.2, -0.15) is 0 Å². The van der Waals surface area contributed by atoms with Crippen LogP contribution in [0.3, 0.4) is 0 Å². The molecule has 3 N–H and O–H groups in total. The van der Waals surface area contributed by atoms with Crippen molar-refractivity contribution in [2.45, 2.75) is 20.0 Å². The van der Waals surface area contributed by atoms with Crippen molar-refractivity contribution in [3.8, 4) is 5.75 Å². The van der Waals surface area contributed by atoms with Gasteiger partial charge in [0.15, 0.2) is 0 Å². The van der Waals surface area contributed by atoms with Crippen molar-refractivity contribution in [1.29, 1.82) is 5.41 Å². The van der Waals surface area contributed by atoms with Crippen molar-refractivity contribution >= 4 is 17.2 Å². The molecule has 6 heteroatoms. The predicted molar refractivity (Wildman–Crippen MR) is 84.2 cm³/mol. The van der Waals surface area contributed by atoms with Crippen molar-refractivity contribution in [3.63, 3.8) is 0 Å². The van der Waals surface area contributed by atoms with E-state index in [-0.39, 0.29) is 5.84 Å². The van der Waals surface area contributed by atoms with Gasteiger partial charge in [0.2, 0.25) is 0 Å². The lowest BCUT2D eigenvalue weighted by Gasteiger charge is -2.10. The number of nitrogen functional groups attached to an aromatic ring is 1. The highest BCUT2D eigenvalue weighted by Gasteiger charge is 2.07. The Balaban J connectivity index is 1.89. The third-order valence-corrected chi connectivity index (χ3v) is 4.14. The number of rotatable bonds is 7. The quantitative estimate of drug-likeness (QED) is 0.468. The molecule has 1 aromatic heterocycles. The van der Waals surface area contributed by atoms with Crippen molar-refractivity contribution in [2.24, 2.45) is 5.73 Å². The average Bonchev–Trinajstić information content (AvgIpc) is 2.88. The maximum Gasteiger partial charge on any atom is 0.130 e. The number of aryl methyl sites for hydroxylation is 1. The lowest BCUT2D eigenvalue weighted by molar-refractivity contribution is 0.124. The number of hydrogen-bond donors (Lipinski definition) is 2. The molecule has 21 heavy (non-hydrogen) atoms. The van der Waals surface area contributed by atoms with Gasteiger partial charge in [0.1, 0.15) is 11.6 Å². The fourth-order valence-electron chi connectivity index (χ4n) is 1.97. The van der Waals surface area contributed by atoms with Crippen molar-refractivity contribution < 1.29 is 9.47 Å². The number of hydrogen-bond acceptors (Lipinski definition) is 5. The fraction of sp³-hybridized carbons (Fsp3) is 0.333. The van der Waals surface area contributed by atoms with Gasteiger partial charge in [-0.1, -0.05) is 6.07 Å². The van der Waals surface area contributed by atoms with E-state index in [1.807, 2.05) is 24.6 Å². The number of thiazole rings is 1. The van der Waals surface area contributed by atoms with Gasteiger partial charge >= 0.3 is 0 Å². The van der Waals surface area contributed by atoms with E-state index in [1.54, 1.807) is 24.5 Å². The molecule has 0 amide bonds. The van der Waals surface area contributed by atoms with E-state index in [2.05, 4.69) is 4.98 Å². The summed E-state index contributed by atoms with van der Waals surface area (Å²) in [5, 5.41) is 7.48. The molecule has 1 heterocycles. The van der Waals surface area contributed by atoms with Crippen molar-refractivity contribution in [3.05, 3.63) is 45.4 Å². The number of amidine groups is 1. The van der Waals surface area contributed by atoms with Crippen LogP contribution in [0.1, 0.15) is 21.7 Å². The number of nitrogens with two attached hydrogens (primary N) is 1. The monoisotopic (exact) mass is 305 g/mol. The van der Waals surface area contributed by atoms with Crippen LogP contribution >= 0.6 is 11.3 Å². The van der Waals surface area contributed by atoms with Gasteiger partial charge in [-0.05, 0) is 24.6 Å². The molecule has 1 aromatic carbocycles. The summed E-state index contributed by atoms with van der Waals surface area (Å²) in [6, 6.07) is 5.54. The molecule has 0 fully saturated rings. The molecule has 0 aliphatic heterocycles. The fourth-order valence-corrected chi connectivity index (χ4v) is 2.73. The summed E-state index contributed by atoms with van der Waals surface area (Å²) in [7, 11) is 1.57. The molecule has 0 atom stereocenters. The van der Waals surface area contributed by atoms with Gasteiger partial charge in [-0.15, -0.1) is 11.3 Å². The van der Waals surface area contributed by atoms with E-state index in [1.165, 1.54) is 4.88 Å². The van der Waals surface area contributed by atoms with Crippen molar-refractivity contribution in [1.82, 2.24) is 4.98 Å². The molecule has 2 aromatic rings. The Morgan fingerprint density at radius 3 is 2.86 bits per heavy atom. The number of nitrogens with zero attached hydrogens (tertiary/aromatic N) is 1. The number of benzene rings is 1. The molecule has 0 saturated carbocycles. The van der Waals surface area contributed by atoms with Crippen LogP contribution in [0, 0.1) is 12.3 Å². The first-order valence-electron chi connectivity index (χ1n) is 6.60. The van der Waals surface area contributed by atoms with Crippen molar-refractivity contribution in [2.75, 3.05) is 13.7 Å². The first kappa shape index (κ1) is 15.5. The number of methoxy groups -OCH3 is 1. The lowest BCUT2D eigenvalue weighted by atomic mass is 10.1. The van der Waals surface area contributed by atoms with E-state index in [0.717, 1.165) is 17.7 Å². The molecule has 0 spiro atoms. The Labute approximate surface area is 128 Å². The summed E-state index contributed by atoms with van der Waals surface area (Å²) < 4.78 is 10.9. The summed E-state index contributed by atoms with van der Waals surface area (Å²) in [6.45, 7) is 3.17. The van der Waals surface area contributed by atoms with Crippen LogP contribution < -0.4 is 10.5 Å². The van der Waals surface area contributed by atoms with Gasteiger partial charge in [0.25, 0.3) is 0 Å². The summed E-state index contributed by atoms with van der Waals surface area (Å²) in [5.74, 6) is 0.599. The van der Waals surface area contributed by atoms with Crippen LogP contribution in [0.5, 0.6) is 5.75 Å². The third-order valence-electron chi connectivity index (χ3n) is 3.14. The Morgan fingerprint density at radius 1 is 1.43 bits per heavy atom. The van der Waals surface area contributed by atoms with Gasteiger partial charge in [0.05, 0.1) is 37.1 Å². The van der Waals surface area contributed by atoms with Crippen LogP contribution in [0.4, 0.5) is 0 Å². The minimum absolute atomic E-state index is 0.0000102. The molecular weight excluding hydrogens is 286 g/mol. The molecule has 0 radical (unpaired) electrons. The standard InChI is InChI=1S/C15H19N3O2S/c1-10-14(21-9-18-10)5-6-20-8-11-3-4-12(15(16)17)13(7-11)19-2/h3-4,7,9H,5-6,8H2,1-2H3,(H3,16,17). The topological polar surface area (TPSA) is 81.2 Å². The van der Waals surface area contributed by atoms with E-state index in [0.29, 0.717) is 24.5 Å². The first-order chi connectivity index (χ1) is 10.1. The second kappa shape index (κ2) is 7.19. The van der Waals surface area contributed by atoms with Crippen LogP contribution in [0.25, 0.3) is 0 Å². The van der Waals surface area contributed by atoms with Gasteiger partial charge in [0, 0.05) is 11.3 Å². The van der Waals surface area contributed by atoms with E-state index >= 15 is 0 Å². The smallest absolute Gasteiger partial charge is 0.130 e. The average molecular weight is 305 g/mol. The predicted octanol–water partition coefficient (Wildman–Crippen LogP) is 2.50. The molecule has 112 valence electrons. The first-order valence-corrected chi connectivity index (χ1v) is 7.47. The highest BCUT2D eigenvalue weighted by atomic mass is 32.1. The van der Waals surface area contributed by atoms with Crippen LogP contribution in [0.2, 0.25) is 0 Å². The highest BCUT2D eigenvalue weighted by molar-refractivity contribution is 7.09. The maximum absolute atomic E-state index is 7.48. The number of nitrogens with one attached hydrogen (secondary N) is 1. The maximum atomic E-state index is 7.48. The third kappa shape index (κ3) is 4.03. The van der Waals surface area contributed by atoms with E-state index in [9.17, 15) is 0 Å². The zero-order valence-electron chi connectivity index (χ0n) is 12.2. The molecule has 0 aliphatic carbocycles. The highest BCUT2D eigenvalue weighted by Crippen LogP contribution is 2.20. The molecule has 0 saturated heterocycles. The van der Waals surface area contributed by atoms with Gasteiger partial charge in [-0.25, -0.2) is 4.98 Å². The normalized spacial score (nSPS) is 10.6. The second-order valence-electron chi connectivity index (χ2n) is 4.61.